The van der Waals surface area contributed by atoms with Crippen LogP contribution >= 0.6 is 0 Å². The summed E-state index contributed by atoms with van der Waals surface area (Å²) >= 11 is 0. The van der Waals surface area contributed by atoms with E-state index in [1.54, 1.807) is 0 Å². The Labute approximate surface area is 101 Å². The van der Waals surface area contributed by atoms with Gasteiger partial charge in [0, 0.05) is 12.1 Å². The van der Waals surface area contributed by atoms with E-state index >= 15 is 0 Å². The molecule has 17 heavy (non-hydrogen) atoms. The van der Waals surface area contributed by atoms with Crippen molar-refractivity contribution in [2.45, 2.75) is 44.9 Å². The predicted octanol–water partition coefficient (Wildman–Crippen LogP) is 2.67. The molecule has 4 heteroatoms. The molecule has 1 aliphatic carbocycles. The molecule has 2 N–H and O–H groups in total. The monoisotopic (exact) mass is 230 g/mol. The van der Waals surface area contributed by atoms with Crippen molar-refractivity contribution in [1.82, 2.24) is 14.6 Å². The van der Waals surface area contributed by atoms with Crippen molar-refractivity contribution < 1.29 is 0 Å². The predicted molar refractivity (Wildman–Crippen MR) is 68.0 cm³/mol. The Bertz CT molecular complexity index is 538. The fraction of sp³-hybridized carbons (Fsp3) is 0.538. The number of fused-ring (bicyclic) bond motifs is 1. The lowest BCUT2D eigenvalue weighted by molar-refractivity contribution is 0.426. The summed E-state index contributed by atoms with van der Waals surface area (Å²) in [5.74, 6) is 1.65. The van der Waals surface area contributed by atoms with E-state index < -0.39 is 0 Å². The van der Waals surface area contributed by atoms with Gasteiger partial charge in [0.1, 0.15) is 5.82 Å². The summed E-state index contributed by atoms with van der Waals surface area (Å²) < 4.78 is 2.07. The van der Waals surface area contributed by atoms with Crippen molar-refractivity contribution in [1.29, 1.82) is 0 Å². The van der Waals surface area contributed by atoms with Gasteiger partial charge >= 0.3 is 0 Å². The van der Waals surface area contributed by atoms with E-state index in [0.29, 0.717) is 5.92 Å². The lowest BCUT2D eigenvalue weighted by atomic mass is 9.89. The lowest BCUT2D eigenvalue weighted by Gasteiger charge is -2.19. The van der Waals surface area contributed by atoms with Gasteiger partial charge in [-0.15, -0.1) is 10.2 Å². The van der Waals surface area contributed by atoms with Crippen LogP contribution < -0.4 is 5.73 Å². The zero-order valence-electron chi connectivity index (χ0n) is 10.2. The Morgan fingerprint density at radius 2 is 2.00 bits per heavy atom. The number of aryl methyl sites for hydroxylation is 1. The fourth-order valence-electron chi connectivity index (χ4n) is 2.70. The van der Waals surface area contributed by atoms with Gasteiger partial charge in [0.15, 0.2) is 5.65 Å². The van der Waals surface area contributed by atoms with Crippen LogP contribution in [0, 0.1) is 6.92 Å². The first-order valence-electron chi connectivity index (χ1n) is 6.36. The number of hydrogen-bond donors (Lipinski definition) is 1. The minimum absolute atomic E-state index is 0.556. The largest absolute Gasteiger partial charge is 0.397 e. The summed E-state index contributed by atoms with van der Waals surface area (Å²) in [7, 11) is 0. The number of nitrogens with two attached hydrogens (primary N) is 1. The number of anilines is 1. The number of nitrogen functional groups attached to an aromatic ring is 1. The topological polar surface area (TPSA) is 56.2 Å². The fourth-order valence-corrected chi connectivity index (χ4v) is 2.70. The molecular formula is C13H18N4. The second-order valence-corrected chi connectivity index (χ2v) is 5.03. The highest BCUT2D eigenvalue weighted by Crippen LogP contribution is 2.32. The van der Waals surface area contributed by atoms with Gasteiger partial charge in [0.2, 0.25) is 0 Å². The Hall–Kier alpha value is -1.58. The first-order valence-corrected chi connectivity index (χ1v) is 6.36. The lowest BCUT2D eigenvalue weighted by Crippen LogP contribution is -2.09. The highest BCUT2D eigenvalue weighted by Gasteiger charge is 2.20. The molecule has 4 nitrogen and oxygen atoms in total. The van der Waals surface area contributed by atoms with Crippen LogP contribution in [0.25, 0.3) is 5.65 Å². The highest BCUT2D eigenvalue weighted by molar-refractivity contribution is 5.53. The van der Waals surface area contributed by atoms with Gasteiger partial charge in [-0.3, -0.25) is 4.40 Å². The molecule has 0 unspecified atom stereocenters. The number of aromatic nitrogens is 3. The Morgan fingerprint density at radius 1 is 1.24 bits per heavy atom. The zero-order chi connectivity index (χ0) is 11.8. The Morgan fingerprint density at radius 3 is 2.76 bits per heavy atom. The van der Waals surface area contributed by atoms with Gasteiger partial charge < -0.3 is 5.73 Å². The first kappa shape index (κ1) is 10.6. The molecule has 1 saturated carbocycles. The van der Waals surface area contributed by atoms with Crippen LogP contribution in [0.4, 0.5) is 5.69 Å². The van der Waals surface area contributed by atoms with E-state index in [4.69, 9.17) is 5.73 Å². The van der Waals surface area contributed by atoms with E-state index in [-0.39, 0.29) is 0 Å². The molecule has 2 aromatic heterocycles. The summed E-state index contributed by atoms with van der Waals surface area (Å²) in [5.41, 5.74) is 8.77. The number of nitrogens with zero attached hydrogens (tertiary/aromatic N) is 3. The van der Waals surface area contributed by atoms with Gasteiger partial charge in [0.05, 0.1) is 5.69 Å². The van der Waals surface area contributed by atoms with Crippen LogP contribution in [0.2, 0.25) is 0 Å². The summed E-state index contributed by atoms with van der Waals surface area (Å²) in [5, 5.41) is 8.61. The minimum atomic E-state index is 0.556. The van der Waals surface area contributed by atoms with E-state index in [0.717, 1.165) is 22.7 Å². The SMILES string of the molecule is Cc1cc2nnc(C3CCCCC3)n2cc1N. The van der Waals surface area contributed by atoms with Crippen molar-refractivity contribution >= 4 is 11.3 Å². The summed E-state index contributed by atoms with van der Waals surface area (Å²) in [4.78, 5) is 0. The van der Waals surface area contributed by atoms with Crippen molar-refractivity contribution in [3.05, 3.63) is 23.7 Å². The molecule has 1 aliphatic rings. The number of hydrogen-bond acceptors (Lipinski definition) is 3. The second-order valence-electron chi connectivity index (χ2n) is 5.03. The molecule has 2 heterocycles. The van der Waals surface area contributed by atoms with Gasteiger partial charge in [-0.25, -0.2) is 0 Å². The quantitative estimate of drug-likeness (QED) is 0.819. The number of rotatable bonds is 1. The van der Waals surface area contributed by atoms with Crippen LogP contribution in [-0.2, 0) is 0 Å². The van der Waals surface area contributed by atoms with Gasteiger partial charge in [-0.2, -0.15) is 0 Å². The van der Waals surface area contributed by atoms with Gasteiger partial charge in [-0.05, 0) is 31.4 Å². The van der Waals surface area contributed by atoms with E-state index in [1.807, 2.05) is 19.2 Å². The standard InChI is InChI=1S/C13H18N4/c1-9-7-12-15-16-13(17(12)8-11(9)14)10-5-3-2-4-6-10/h7-8,10H,2-6,14H2,1H3. The molecule has 90 valence electrons. The average Bonchev–Trinajstić information content (AvgIpc) is 2.74. The molecule has 0 bridgehead atoms. The Kier molecular flexibility index (Phi) is 2.50. The summed E-state index contributed by atoms with van der Waals surface area (Å²) in [6, 6.07) is 2.01. The van der Waals surface area contributed by atoms with Gasteiger partial charge in [0.25, 0.3) is 0 Å². The van der Waals surface area contributed by atoms with Crippen molar-refractivity contribution in [2.75, 3.05) is 5.73 Å². The average molecular weight is 230 g/mol. The summed E-state index contributed by atoms with van der Waals surface area (Å²) in [6.45, 7) is 2.00. The number of pyridine rings is 1. The minimum Gasteiger partial charge on any atom is -0.397 e. The van der Waals surface area contributed by atoms with E-state index in [2.05, 4.69) is 14.6 Å². The van der Waals surface area contributed by atoms with Crippen LogP contribution in [0.1, 0.15) is 49.4 Å². The maximum Gasteiger partial charge on any atom is 0.161 e. The third-order valence-electron chi connectivity index (χ3n) is 3.79. The van der Waals surface area contributed by atoms with Gasteiger partial charge in [-0.1, -0.05) is 19.3 Å². The van der Waals surface area contributed by atoms with E-state index in [9.17, 15) is 0 Å². The molecule has 2 aromatic rings. The van der Waals surface area contributed by atoms with E-state index in [1.165, 1.54) is 32.1 Å². The first-order chi connectivity index (χ1) is 8.25. The maximum atomic E-state index is 5.97. The molecule has 1 fully saturated rings. The zero-order valence-corrected chi connectivity index (χ0v) is 10.2. The third kappa shape index (κ3) is 1.77. The summed E-state index contributed by atoms with van der Waals surface area (Å²) in [6.07, 6.45) is 8.40. The Balaban J connectivity index is 2.07. The normalized spacial score (nSPS) is 17.7. The molecule has 0 amide bonds. The van der Waals surface area contributed by atoms with Crippen molar-refractivity contribution in [3.8, 4) is 0 Å². The van der Waals surface area contributed by atoms with Crippen LogP contribution in [0.5, 0.6) is 0 Å². The molecule has 0 aromatic carbocycles. The van der Waals surface area contributed by atoms with Crippen LogP contribution in [-0.4, -0.2) is 14.6 Å². The second kappa shape index (κ2) is 4.02. The highest BCUT2D eigenvalue weighted by atomic mass is 15.2. The maximum absolute atomic E-state index is 5.97. The molecule has 0 atom stereocenters. The van der Waals surface area contributed by atoms with Crippen molar-refractivity contribution in [3.63, 3.8) is 0 Å². The molecule has 0 radical (unpaired) electrons. The molecule has 0 aliphatic heterocycles. The smallest absolute Gasteiger partial charge is 0.161 e. The molecular weight excluding hydrogens is 212 g/mol. The molecule has 3 rings (SSSR count). The molecule has 0 saturated heterocycles. The van der Waals surface area contributed by atoms with Crippen LogP contribution in [0.3, 0.4) is 0 Å². The third-order valence-corrected chi connectivity index (χ3v) is 3.79. The molecule has 0 spiro atoms. The van der Waals surface area contributed by atoms with Crippen molar-refractivity contribution in [2.24, 2.45) is 0 Å². The van der Waals surface area contributed by atoms with Crippen LogP contribution in [0.15, 0.2) is 12.3 Å².